The van der Waals surface area contributed by atoms with E-state index in [4.69, 9.17) is 4.74 Å². The second kappa shape index (κ2) is 6.00. The Bertz CT molecular complexity index is 564. The number of carbonyl (C=O) groups excluding carboxylic acids is 1. The monoisotopic (exact) mass is 352 g/mol. The standard InChI is InChI=1S/C15H13IO2/c1-11-4-2-3-5-13(11)10-18-15-7-6-12(9-17)8-14(15)16/h2-9H,10H2,1H3. The lowest BCUT2D eigenvalue weighted by Crippen LogP contribution is -1.99. The minimum atomic E-state index is 0.545. The Kier molecular flexibility index (Phi) is 4.36. The van der Waals surface area contributed by atoms with E-state index in [0.717, 1.165) is 15.6 Å². The minimum Gasteiger partial charge on any atom is -0.488 e. The minimum absolute atomic E-state index is 0.545. The maximum absolute atomic E-state index is 10.6. The summed E-state index contributed by atoms with van der Waals surface area (Å²) in [6, 6.07) is 13.6. The Morgan fingerprint density at radius 2 is 2.00 bits per heavy atom. The van der Waals surface area contributed by atoms with Gasteiger partial charge < -0.3 is 4.74 Å². The molecule has 2 nitrogen and oxygen atoms in total. The lowest BCUT2D eigenvalue weighted by molar-refractivity contribution is 0.112. The number of hydrogen-bond donors (Lipinski definition) is 0. The number of aryl methyl sites for hydroxylation is 1. The average Bonchev–Trinajstić information content (AvgIpc) is 2.39. The van der Waals surface area contributed by atoms with E-state index in [1.165, 1.54) is 11.1 Å². The number of benzene rings is 2. The van der Waals surface area contributed by atoms with Gasteiger partial charge in [-0.25, -0.2) is 0 Å². The number of hydrogen-bond acceptors (Lipinski definition) is 2. The number of aldehydes is 1. The van der Waals surface area contributed by atoms with Crippen molar-refractivity contribution in [2.45, 2.75) is 13.5 Å². The molecule has 0 radical (unpaired) electrons. The van der Waals surface area contributed by atoms with E-state index >= 15 is 0 Å². The first-order valence-electron chi connectivity index (χ1n) is 5.63. The van der Waals surface area contributed by atoms with Crippen LogP contribution in [-0.2, 0) is 6.61 Å². The van der Waals surface area contributed by atoms with Crippen LogP contribution in [0.15, 0.2) is 42.5 Å². The van der Waals surface area contributed by atoms with E-state index in [1.807, 2.05) is 24.3 Å². The number of halogens is 1. The Morgan fingerprint density at radius 1 is 1.22 bits per heavy atom. The molecular formula is C15H13IO2. The summed E-state index contributed by atoms with van der Waals surface area (Å²) in [6.07, 6.45) is 0.841. The fourth-order valence-corrected chi connectivity index (χ4v) is 2.33. The molecule has 0 aliphatic carbocycles. The molecule has 2 rings (SSSR count). The fraction of sp³-hybridized carbons (Fsp3) is 0.133. The third-order valence-electron chi connectivity index (χ3n) is 2.74. The average molecular weight is 352 g/mol. The highest BCUT2D eigenvalue weighted by atomic mass is 127. The lowest BCUT2D eigenvalue weighted by Gasteiger charge is -2.10. The highest BCUT2D eigenvalue weighted by molar-refractivity contribution is 14.1. The van der Waals surface area contributed by atoms with Gasteiger partial charge in [0.25, 0.3) is 0 Å². The van der Waals surface area contributed by atoms with E-state index in [9.17, 15) is 4.79 Å². The molecule has 0 aromatic heterocycles. The first kappa shape index (κ1) is 13.1. The zero-order chi connectivity index (χ0) is 13.0. The van der Waals surface area contributed by atoms with Gasteiger partial charge in [-0.1, -0.05) is 24.3 Å². The molecule has 0 heterocycles. The van der Waals surface area contributed by atoms with Gasteiger partial charge in [-0.15, -0.1) is 0 Å². The molecule has 0 saturated heterocycles. The van der Waals surface area contributed by atoms with E-state index in [1.54, 1.807) is 6.07 Å². The molecule has 0 amide bonds. The fourth-order valence-electron chi connectivity index (χ4n) is 1.63. The van der Waals surface area contributed by atoms with Crippen molar-refractivity contribution < 1.29 is 9.53 Å². The van der Waals surface area contributed by atoms with Crippen LogP contribution in [0.2, 0.25) is 0 Å². The van der Waals surface area contributed by atoms with Gasteiger partial charge in [-0.3, -0.25) is 4.79 Å². The molecule has 92 valence electrons. The van der Waals surface area contributed by atoms with Crippen molar-refractivity contribution in [1.29, 1.82) is 0 Å². The van der Waals surface area contributed by atoms with Gasteiger partial charge in [0.05, 0.1) is 3.57 Å². The van der Waals surface area contributed by atoms with Crippen LogP contribution in [0.1, 0.15) is 21.5 Å². The molecule has 0 fully saturated rings. The Labute approximate surface area is 120 Å². The topological polar surface area (TPSA) is 26.3 Å². The zero-order valence-electron chi connectivity index (χ0n) is 10.0. The summed E-state index contributed by atoms with van der Waals surface area (Å²) < 4.78 is 6.73. The molecule has 2 aromatic carbocycles. The van der Waals surface area contributed by atoms with Crippen LogP contribution in [0, 0.1) is 10.5 Å². The van der Waals surface area contributed by atoms with Gasteiger partial charge in [0.15, 0.2) is 0 Å². The van der Waals surface area contributed by atoms with Crippen LogP contribution in [0.3, 0.4) is 0 Å². The van der Waals surface area contributed by atoms with Crippen LogP contribution in [-0.4, -0.2) is 6.29 Å². The summed E-state index contributed by atoms with van der Waals surface area (Å²) in [5, 5.41) is 0. The summed E-state index contributed by atoms with van der Waals surface area (Å²) in [5.74, 6) is 0.810. The normalized spacial score (nSPS) is 10.1. The highest BCUT2D eigenvalue weighted by Crippen LogP contribution is 2.23. The second-order valence-electron chi connectivity index (χ2n) is 4.02. The van der Waals surface area contributed by atoms with Crippen molar-refractivity contribution in [3.63, 3.8) is 0 Å². The maximum Gasteiger partial charge on any atom is 0.150 e. The predicted molar refractivity (Wildman–Crippen MR) is 80.1 cm³/mol. The van der Waals surface area contributed by atoms with E-state index < -0.39 is 0 Å². The van der Waals surface area contributed by atoms with Gasteiger partial charge in [0, 0.05) is 5.56 Å². The Morgan fingerprint density at radius 3 is 2.67 bits per heavy atom. The molecule has 0 spiro atoms. The third kappa shape index (κ3) is 3.10. The molecule has 0 aliphatic heterocycles. The van der Waals surface area contributed by atoms with E-state index in [-0.39, 0.29) is 0 Å². The van der Waals surface area contributed by atoms with Gasteiger partial charge in [-0.05, 0) is 58.8 Å². The molecule has 0 N–H and O–H groups in total. The van der Waals surface area contributed by atoms with Crippen LogP contribution >= 0.6 is 22.6 Å². The first-order valence-corrected chi connectivity index (χ1v) is 6.70. The smallest absolute Gasteiger partial charge is 0.150 e. The predicted octanol–water partition coefficient (Wildman–Crippen LogP) is 3.99. The van der Waals surface area contributed by atoms with Gasteiger partial charge in [0.2, 0.25) is 0 Å². The Balaban J connectivity index is 2.11. The number of ether oxygens (including phenoxy) is 1. The quantitative estimate of drug-likeness (QED) is 0.614. The molecule has 2 aromatic rings. The highest BCUT2D eigenvalue weighted by Gasteiger charge is 2.04. The van der Waals surface area contributed by atoms with Crippen molar-refractivity contribution >= 4 is 28.9 Å². The summed E-state index contributed by atoms with van der Waals surface area (Å²) in [5.41, 5.74) is 3.06. The first-order chi connectivity index (χ1) is 8.70. The van der Waals surface area contributed by atoms with Gasteiger partial charge in [-0.2, -0.15) is 0 Å². The van der Waals surface area contributed by atoms with Crippen LogP contribution in [0.5, 0.6) is 5.75 Å². The summed E-state index contributed by atoms with van der Waals surface area (Å²) in [4.78, 5) is 10.6. The lowest BCUT2D eigenvalue weighted by atomic mass is 10.1. The van der Waals surface area contributed by atoms with E-state index in [2.05, 4.69) is 41.6 Å². The molecule has 0 bridgehead atoms. The molecule has 3 heteroatoms. The molecule has 0 saturated carbocycles. The Hall–Kier alpha value is -1.36. The number of rotatable bonds is 4. The maximum atomic E-state index is 10.6. The third-order valence-corrected chi connectivity index (χ3v) is 3.58. The van der Waals surface area contributed by atoms with Crippen molar-refractivity contribution in [2.24, 2.45) is 0 Å². The largest absolute Gasteiger partial charge is 0.488 e. The molecule has 0 aliphatic rings. The zero-order valence-corrected chi connectivity index (χ0v) is 12.2. The van der Waals surface area contributed by atoms with Crippen LogP contribution in [0.4, 0.5) is 0 Å². The van der Waals surface area contributed by atoms with Crippen molar-refractivity contribution in [2.75, 3.05) is 0 Å². The van der Waals surface area contributed by atoms with Crippen LogP contribution in [0.25, 0.3) is 0 Å². The van der Waals surface area contributed by atoms with Gasteiger partial charge >= 0.3 is 0 Å². The van der Waals surface area contributed by atoms with Crippen molar-refractivity contribution in [1.82, 2.24) is 0 Å². The molecular weight excluding hydrogens is 339 g/mol. The van der Waals surface area contributed by atoms with Crippen LogP contribution < -0.4 is 4.74 Å². The molecule has 0 unspecified atom stereocenters. The van der Waals surface area contributed by atoms with Crippen molar-refractivity contribution in [3.05, 3.63) is 62.7 Å². The van der Waals surface area contributed by atoms with E-state index in [0.29, 0.717) is 12.2 Å². The molecule has 0 atom stereocenters. The van der Waals surface area contributed by atoms with Gasteiger partial charge in [0.1, 0.15) is 18.6 Å². The summed E-state index contributed by atoms with van der Waals surface area (Å²) in [6.45, 7) is 2.61. The second-order valence-corrected chi connectivity index (χ2v) is 5.19. The van der Waals surface area contributed by atoms with Crippen molar-refractivity contribution in [3.8, 4) is 5.75 Å². The summed E-state index contributed by atoms with van der Waals surface area (Å²) >= 11 is 2.18. The SMILES string of the molecule is Cc1ccccc1COc1ccc(C=O)cc1I. The molecule has 18 heavy (non-hydrogen) atoms. The summed E-state index contributed by atoms with van der Waals surface area (Å²) in [7, 11) is 0. The number of carbonyl (C=O) groups is 1.